The molecule has 0 bridgehead atoms. The maximum atomic E-state index is 13.3. The Labute approximate surface area is 198 Å². The summed E-state index contributed by atoms with van der Waals surface area (Å²) >= 11 is 7.48. The van der Waals surface area contributed by atoms with Crippen LogP contribution >= 0.6 is 23.4 Å². The van der Waals surface area contributed by atoms with Crippen molar-refractivity contribution >= 4 is 46.1 Å². The predicted molar refractivity (Wildman–Crippen MR) is 127 cm³/mol. The quantitative estimate of drug-likeness (QED) is 0.306. The Balaban J connectivity index is 1.70. The van der Waals surface area contributed by atoms with Gasteiger partial charge in [0.1, 0.15) is 5.82 Å². The van der Waals surface area contributed by atoms with Crippen molar-refractivity contribution in [1.29, 1.82) is 0 Å². The van der Waals surface area contributed by atoms with Gasteiger partial charge in [-0.3, -0.25) is 14.2 Å². The van der Waals surface area contributed by atoms with Crippen LogP contribution in [0.5, 0.6) is 0 Å². The van der Waals surface area contributed by atoms with Crippen molar-refractivity contribution in [3.63, 3.8) is 0 Å². The van der Waals surface area contributed by atoms with E-state index in [1.54, 1.807) is 12.1 Å². The van der Waals surface area contributed by atoms with Crippen LogP contribution in [-0.4, -0.2) is 30.7 Å². The van der Waals surface area contributed by atoms with E-state index in [0.717, 1.165) is 17.3 Å². The zero-order valence-corrected chi connectivity index (χ0v) is 19.1. The molecule has 2 heterocycles. The number of carbonyl (C=O) groups is 1. The van der Waals surface area contributed by atoms with Gasteiger partial charge in [-0.1, -0.05) is 48.5 Å². The van der Waals surface area contributed by atoms with E-state index in [1.165, 1.54) is 41.2 Å². The van der Waals surface area contributed by atoms with Gasteiger partial charge in [-0.2, -0.15) is 0 Å². The van der Waals surface area contributed by atoms with Gasteiger partial charge >= 0.3 is 0 Å². The number of hydrogen-bond donors (Lipinski definition) is 1. The van der Waals surface area contributed by atoms with Crippen LogP contribution in [-0.2, 0) is 11.3 Å². The lowest BCUT2D eigenvalue weighted by molar-refractivity contribution is -0.115. The lowest BCUT2D eigenvalue weighted by atomic mass is 10.2. The zero-order valence-electron chi connectivity index (χ0n) is 17.5. The highest BCUT2D eigenvalue weighted by Gasteiger charge is 2.23. The van der Waals surface area contributed by atoms with Gasteiger partial charge < -0.3 is 5.32 Å². The highest BCUT2D eigenvalue weighted by Crippen LogP contribution is 2.27. The van der Waals surface area contributed by atoms with Crippen molar-refractivity contribution in [2.45, 2.75) is 30.3 Å². The van der Waals surface area contributed by atoms with Crippen molar-refractivity contribution in [1.82, 2.24) is 19.5 Å². The summed E-state index contributed by atoms with van der Waals surface area (Å²) < 4.78 is 14.6. The number of nitrogens with zero attached hydrogens (tertiary/aromatic N) is 4. The largest absolute Gasteiger partial charge is 0.325 e. The topological polar surface area (TPSA) is 89.8 Å². The molecule has 0 radical (unpaired) electrons. The van der Waals surface area contributed by atoms with Gasteiger partial charge in [0.2, 0.25) is 5.91 Å². The summed E-state index contributed by atoms with van der Waals surface area (Å²) in [4.78, 5) is 39.0. The summed E-state index contributed by atoms with van der Waals surface area (Å²) in [5, 5.41) is 3.06. The lowest BCUT2D eigenvalue weighted by Gasteiger charge is -2.18. The number of anilines is 1. The molecule has 0 unspecified atom stereocenters. The van der Waals surface area contributed by atoms with Crippen LogP contribution in [0.2, 0.25) is 5.02 Å². The fraction of sp³-hybridized carbons (Fsp3) is 0.174. The van der Waals surface area contributed by atoms with Crippen molar-refractivity contribution in [3.05, 3.63) is 87.7 Å². The summed E-state index contributed by atoms with van der Waals surface area (Å²) in [6.45, 7) is 2.02. The van der Waals surface area contributed by atoms with Gasteiger partial charge in [-0.05, 0) is 42.3 Å². The van der Waals surface area contributed by atoms with Gasteiger partial charge in [0, 0.05) is 23.1 Å². The van der Waals surface area contributed by atoms with Crippen LogP contribution in [0, 0.1) is 5.82 Å². The molecule has 10 heteroatoms. The number of thioether (sulfide) groups is 1. The average Bonchev–Trinajstić information content (AvgIpc) is 2.82. The summed E-state index contributed by atoms with van der Waals surface area (Å²) in [6, 6.07) is 12.7. The highest BCUT2D eigenvalue weighted by atomic mass is 35.5. The number of aromatic nitrogens is 4. The minimum atomic E-state index is -0.562. The second-order valence-electron chi connectivity index (χ2n) is 7.12. The molecular weight excluding hydrogens is 465 g/mol. The first-order valence-electron chi connectivity index (χ1n) is 10.1. The van der Waals surface area contributed by atoms with Crippen LogP contribution in [0.15, 0.2) is 70.9 Å². The maximum absolute atomic E-state index is 13.3. The standard InChI is InChI=1S/C23H19ClFN5O2S/c1-2-18(21(31)28-16-9-7-15(25)8-10-16)33-23-29-20-19(26-11-12-27-20)22(32)30(23)13-14-5-3-4-6-17(14)24/h3-12,18H,2,13H2,1H3,(H,28,31)/t18-/m1/s1. The molecule has 4 rings (SSSR count). The molecule has 1 amide bonds. The number of carbonyl (C=O) groups excluding carboxylic acids is 1. The van der Waals surface area contributed by atoms with E-state index in [4.69, 9.17) is 11.6 Å². The second kappa shape index (κ2) is 10.1. The molecule has 2 aromatic carbocycles. The van der Waals surface area contributed by atoms with E-state index in [1.807, 2.05) is 19.1 Å². The molecule has 0 aliphatic rings. The molecule has 2 aromatic heterocycles. The van der Waals surface area contributed by atoms with Gasteiger partial charge in [0.05, 0.1) is 11.8 Å². The van der Waals surface area contributed by atoms with Crippen molar-refractivity contribution in [3.8, 4) is 0 Å². The molecule has 4 aromatic rings. The Hall–Kier alpha value is -3.30. The van der Waals surface area contributed by atoms with E-state index in [-0.39, 0.29) is 35.0 Å². The predicted octanol–water partition coefficient (Wildman–Crippen LogP) is 4.54. The van der Waals surface area contributed by atoms with Crippen molar-refractivity contribution < 1.29 is 9.18 Å². The molecular formula is C23H19ClFN5O2S. The maximum Gasteiger partial charge on any atom is 0.282 e. The van der Waals surface area contributed by atoms with E-state index in [9.17, 15) is 14.0 Å². The van der Waals surface area contributed by atoms with E-state index in [2.05, 4.69) is 20.3 Å². The third kappa shape index (κ3) is 5.20. The fourth-order valence-electron chi connectivity index (χ4n) is 3.16. The Bertz CT molecular complexity index is 1360. The minimum absolute atomic E-state index is 0.137. The van der Waals surface area contributed by atoms with Crippen molar-refractivity contribution in [2.75, 3.05) is 5.32 Å². The SMILES string of the molecule is CC[C@@H](Sc1nc2nccnc2c(=O)n1Cc1ccccc1Cl)C(=O)Nc1ccc(F)cc1. The molecule has 7 nitrogen and oxygen atoms in total. The van der Waals surface area contributed by atoms with Crippen LogP contribution in [0.25, 0.3) is 11.2 Å². The molecule has 0 aliphatic carbocycles. The Morgan fingerprint density at radius 1 is 1.15 bits per heavy atom. The number of nitrogens with one attached hydrogen (secondary N) is 1. The molecule has 0 spiro atoms. The third-order valence-corrected chi connectivity index (χ3v) is 6.59. The molecule has 0 saturated heterocycles. The van der Waals surface area contributed by atoms with Crippen LogP contribution < -0.4 is 10.9 Å². The first-order chi connectivity index (χ1) is 16.0. The molecule has 0 saturated carbocycles. The lowest BCUT2D eigenvalue weighted by Crippen LogP contribution is -2.29. The first kappa shape index (κ1) is 22.9. The van der Waals surface area contributed by atoms with Gasteiger partial charge in [0.15, 0.2) is 16.3 Å². The zero-order chi connectivity index (χ0) is 23.4. The molecule has 33 heavy (non-hydrogen) atoms. The number of benzene rings is 2. The summed E-state index contributed by atoms with van der Waals surface area (Å²) in [5.74, 6) is -0.675. The first-order valence-corrected chi connectivity index (χ1v) is 11.4. The van der Waals surface area contributed by atoms with Crippen LogP contribution in [0.4, 0.5) is 10.1 Å². The Kier molecular flexibility index (Phi) is 7.00. The molecule has 0 aliphatic heterocycles. The average molecular weight is 484 g/mol. The number of halogens is 2. The monoisotopic (exact) mass is 483 g/mol. The summed E-state index contributed by atoms with van der Waals surface area (Å²) in [7, 11) is 0. The van der Waals surface area contributed by atoms with Gasteiger partial charge in [0.25, 0.3) is 5.56 Å². The molecule has 1 atom stereocenters. The van der Waals surface area contributed by atoms with Crippen molar-refractivity contribution in [2.24, 2.45) is 0 Å². The van der Waals surface area contributed by atoms with Crippen LogP contribution in [0.3, 0.4) is 0 Å². The Morgan fingerprint density at radius 2 is 1.88 bits per heavy atom. The Morgan fingerprint density at radius 3 is 2.61 bits per heavy atom. The van der Waals surface area contributed by atoms with E-state index in [0.29, 0.717) is 22.3 Å². The third-order valence-electron chi connectivity index (χ3n) is 4.87. The number of amides is 1. The molecule has 168 valence electrons. The summed E-state index contributed by atoms with van der Waals surface area (Å²) in [5.41, 5.74) is 1.18. The highest BCUT2D eigenvalue weighted by molar-refractivity contribution is 8.00. The van der Waals surface area contributed by atoms with Crippen LogP contribution in [0.1, 0.15) is 18.9 Å². The number of hydrogen-bond acceptors (Lipinski definition) is 6. The second-order valence-corrected chi connectivity index (χ2v) is 8.69. The number of fused-ring (bicyclic) bond motifs is 1. The summed E-state index contributed by atoms with van der Waals surface area (Å²) in [6.07, 6.45) is 3.36. The number of rotatable bonds is 7. The van der Waals surface area contributed by atoms with Gasteiger partial charge in [-0.15, -0.1) is 0 Å². The smallest absolute Gasteiger partial charge is 0.282 e. The normalized spacial score (nSPS) is 12.0. The molecule has 0 fully saturated rings. The van der Waals surface area contributed by atoms with E-state index >= 15 is 0 Å². The fourth-order valence-corrected chi connectivity index (χ4v) is 4.36. The van der Waals surface area contributed by atoms with E-state index < -0.39 is 5.25 Å². The molecule has 1 N–H and O–H groups in total. The van der Waals surface area contributed by atoms with Gasteiger partial charge in [-0.25, -0.2) is 19.3 Å². The minimum Gasteiger partial charge on any atom is -0.325 e.